The molecule has 4 nitrogen and oxygen atoms in total. The molecule has 1 aliphatic rings. The molecule has 0 aromatic heterocycles. The highest BCUT2D eigenvalue weighted by molar-refractivity contribution is 8.33. The minimum Gasteiger partial charge on any atom is -0.293 e. The van der Waals surface area contributed by atoms with Gasteiger partial charge < -0.3 is 0 Å². The van der Waals surface area contributed by atoms with Crippen LogP contribution in [0.2, 0.25) is 0 Å². The van der Waals surface area contributed by atoms with Crippen LogP contribution in [0.25, 0.3) is 10.8 Å². The Morgan fingerprint density at radius 1 is 0.617 bits per heavy atom. The zero-order valence-electron chi connectivity index (χ0n) is 22.5. The molecule has 0 atom stereocenters. The van der Waals surface area contributed by atoms with E-state index in [9.17, 15) is 87.8 Å². The highest BCUT2D eigenvalue weighted by atomic mass is 32.3. The lowest BCUT2D eigenvalue weighted by Gasteiger charge is -2.43. The molecule has 1 fully saturated rings. The molecule has 0 amide bonds. The third-order valence-electron chi connectivity index (χ3n) is 6.99. The fourth-order valence-corrected chi connectivity index (χ4v) is 9.93. The fourth-order valence-electron chi connectivity index (χ4n) is 4.29. The van der Waals surface area contributed by atoms with Crippen molar-refractivity contribution in [2.45, 2.75) is 59.8 Å². The van der Waals surface area contributed by atoms with Crippen molar-refractivity contribution in [1.29, 1.82) is 0 Å². The van der Waals surface area contributed by atoms with Crippen molar-refractivity contribution in [3.63, 3.8) is 0 Å². The highest BCUT2D eigenvalue weighted by Crippen LogP contribution is 2.66. The third kappa shape index (κ3) is 5.80. The molecule has 1 heterocycles. The quantitative estimate of drug-likeness (QED) is 0.161. The number of hydrogen-bond donors (Lipinski definition) is 0. The Hall–Kier alpha value is -2.56. The molecule has 0 spiro atoms. The lowest BCUT2D eigenvalue weighted by Crippen LogP contribution is -2.75. The molecule has 268 valence electrons. The largest absolute Gasteiger partial charge is 0.460 e. The molecule has 47 heavy (non-hydrogen) atoms. The predicted molar refractivity (Wildman–Crippen MR) is 130 cm³/mol. The number of hydrogen-bond acceptors (Lipinski definition) is 4. The molecule has 3 rings (SSSR count). The summed E-state index contributed by atoms with van der Waals surface area (Å²) in [6.45, 7) is 0. The van der Waals surface area contributed by atoms with E-state index in [1.54, 1.807) is 12.1 Å². The Morgan fingerprint density at radius 3 is 1.51 bits per heavy atom. The maximum atomic E-state index is 14.7. The van der Waals surface area contributed by atoms with Crippen LogP contribution in [0.3, 0.4) is 0 Å². The highest BCUT2D eigenvalue weighted by Gasteiger charge is 2.96. The van der Waals surface area contributed by atoms with Crippen LogP contribution in [0.5, 0.6) is 0 Å². The van der Waals surface area contributed by atoms with E-state index in [2.05, 4.69) is 3.63 Å². The van der Waals surface area contributed by atoms with Gasteiger partial charge in [0, 0.05) is 17.1 Å². The van der Waals surface area contributed by atoms with Gasteiger partial charge in [-0.2, -0.15) is 83.1 Å². The van der Waals surface area contributed by atoms with E-state index in [-0.39, 0.29) is 18.4 Å². The van der Waals surface area contributed by atoms with Crippen LogP contribution in [0.4, 0.5) is 74.6 Å². The normalized spacial score (nSPS) is 18.4. The number of Topliss-reactive ketones (excluding diaryl/α,β-unsaturated/α-hetero) is 1. The molecule has 2 aromatic rings. The van der Waals surface area contributed by atoms with Crippen LogP contribution in [-0.4, -0.2) is 78.4 Å². The van der Waals surface area contributed by atoms with Gasteiger partial charge in [0.1, 0.15) is 0 Å². The number of ketones is 1. The van der Waals surface area contributed by atoms with Crippen molar-refractivity contribution in [3.05, 3.63) is 48.0 Å². The molecular formula is C24H17F17O4S2. The summed E-state index contributed by atoms with van der Waals surface area (Å²) in [7, 11) is -11.7. The van der Waals surface area contributed by atoms with Crippen LogP contribution in [-0.2, 0) is 13.7 Å². The SMILES string of the molecule is O=C(CS1(OS(=O)(=O)C(F)(F)C(F)(F)C(F)(F)C(F)(F)C(F)(F)C(F)(F)C(F)(F)C(F)(F)F)CCCC1)c1ccc2ccccc2c1. The molecule has 0 aliphatic carbocycles. The molecule has 1 saturated heterocycles. The van der Waals surface area contributed by atoms with Gasteiger partial charge in [0.15, 0.2) is 5.78 Å². The first-order valence-corrected chi connectivity index (χ1v) is 15.8. The van der Waals surface area contributed by atoms with Crippen LogP contribution >= 0.6 is 10.3 Å². The molecule has 23 heteroatoms. The molecular weight excluding hydrogens is 739 g/mol. The smallest absolute Gasteiger partial charge is 0.293 e. The summed E-state index contributed by atoms with van der Waals surface area (Å²) in [5, 5.41) is -6.82. The summed E-state index contributed by atoms with van der Waals surface area (Å²) in [4.78, 5) is 12.9. The van der Waals surface area contributed by atoms with Crippen molar-refractivity contribution in [2.75, 3.05) is 17.3 Å². The number of halogens is 17. The van der Waals surface area contributed by atoms with Gasteiger partial charge in [-0.05, 0) is 29.7 Å². The van der Waals surface area contributed by atoms with Crippen molar-refractivity contribution in [2.24, 2.45) is 0 Å². The first-order chi connectivity index (χ1) is 20.9. The molecule has 0 saturated carbocycles. The lowest BCUT2D eigenvalue weighted by molar-refractivity contribution is -0.458. The van der Waals surface area contributed by atoms with Crippen molar-refractivity contribution >= 4 is 37.0 Å². The number of rotatable bonds is 12. The molecule has 0 N–H and O–H groups in total. The van der Waals surface area contributed by atoms with Gasteiger partial charge in [-0.1, -0.05) is 36.4 Å². The van der Waals surface area contributed by atoms with Gasteiger partial charge in [0.2, 0.25) is 0 Å². The van der Waals surface area contributed by atoms with E-state index in [0.29, 0.717) is 10.8 Å². The van der Waals surface area contributed by atoms with Gasteiger partial charge >= 0.3 is 57.1 Å². The average Bonchev–Trinajstić information content (AvgIpc) is 3.38. The predicted octanol–water partition coefficient (Wildman–Crippen LogP) is 8.85. The summed E-state index contributed by atoms with van der Waals surface area (Å²) in [5.74, 6) is -55.8. The summed E-state index contributed by atoms with van der Waals surface area (Å²) in [6, 6.07) is 9.95. The van der Waals surface area contributed by atoms with Crippen LogP contribution in [0.1, 0.15) is 23.2 Å². The summed E-state index contributed by atoms with van der Waals surface area (Å²) < 4.78 is 260. The number of alkyl halides is 17. The fraction of sp³-hybridized carbons (Fsp3) is 0.542. The number of carbonyl (C=O) groups is 1. The van der Waals surface area contributed by atoms with Gasteiger partial charge in [-0.25, -0.2) is 3.63 Å². The summed E-state index contributed by atoms with van der Waals surface area (Å²) >= 11 is 0. The molecule has 0 bridgehead atoms. The van der Waals surface area contributed by atoms with Gasteiger partial charge in [0.25, 0.3) is 0 Å². The maximum absolute atomic E-state index is 14.7. The van der Waals surface area contributed by atoms with E-state index in [1.165, 1.54) is 24.3 Å². The number of carbonyl (C=O) groups excluding carboxylic acids is 1. The van der Waals surface area contributed by atoms with Gasteiger partial charge in [-0.15, -0.1) is 10.3 Å². The van der Waals surface area contributed by atoms with Crippen molar-refractivity contribution < 1.29 is 91.5 Å². The second kappa shape index (κ2) is 11.5. The Morgan fingerprint density at radius 2 is 1.04 bits per heavy atom. The average molecular weight is 756 g/mol. The van der Waals surface area contributed by atoms with E-state index < -0.39 is 90.4 Å². The lowest BCUT2D eigenvalue weighted by atomic mass is 9.91. The van der Waals surface area contributed by atoms with Crippen molar-refractivity contribution in [1.82, 2.24) is 0 Å². The molecule has 0 unspecified atom stereocenters. The number of benzene rings is 2. The first kappa shape index (κ1) is 38.9. The third-order valence-corrected chi connectivity index (χ3v) is 12.6. The Balaban J connectivity index is 2.01. The topological polar surface area (TPSA) is 60.4 Å². The standard InChI is InChI=1S/C24H17F17O4S2/c25-17(26,19(29,30)21(33,34)23(37,38)39)18(27,28)20(31,32)22(35,36)24(40,41)47(43,44)45-46(9-3-4-10-46)12-16(42)15-8-7-13-5-1-2-6-14(13)11-15/h1-2,5-8,11H,3-4,9-10,12H2. The summed E-state index contributed by atoms with van der Waals surface area (Å²) in [6.07, 6.45) is -8.25. The Labute approximate surface area is 253 Å². The van der Waals surface area contributed by atoms with Crippen LogP contribution in [0.15, 0.2) is 42.5 Å². The van der Waals surface area contributed by atoms with Crippen LogP contribution < -0.4 is 0 Å². The van der Waals surface area contributed by atoms with Gasteiger partial charge in [-0.3, -0.25) is 4.79 Å². The minimum atomic E-state index is -8.94. The van der Waals surface area contributed by atoms with E-state index in [4.69, 9.17) is 0 Å². The monoisotopic (exact) mass is 756 g/mol. The van der Waals surface area contributed by atoms with Crippen molar-refractivity contribution in [3.8, 4) is 0 Å². The Kier molecular flexibility index (Phi) is 9.52. The van der Waals surface area contributed by atoms with E-state index in [0.717, 1.165) is 6.07 Å². The Bertz CT molecular complexity index is 1610. The molecule has 2 aromatic carbocycles. The van der Waals surface area contributed by atoms with Gasteiger partial charge in [0.05, 0.1) is 5.75 Å². The van der Waals surface area contributed by atoms with E-state index >= 15 is 0 Å². The first-order valence-electron chi connectivity index (χ1n) is 12.3. The zero-order chi connectivity index (χ0) is 36.5. The summed E-state index contributed by atoms with van der Waals surface area (Å²) in [5.41, 5.74) is -0.231. The minimum absolute atomic E-state index is 0.166. The second-order valence-electron chi connectivity index (χ2n) is 10.2. The maximum Gasteiger partial charge on any atom is 0.460 e. The number of fused-ring (bicyclic) bond motifs is 1. The second-order valence-corrected chi connectivity index (χ2v) is 15.2. The van der Waals surface area contributed by atoms with E-state index in [1.807, 2.05) is 0 Å². The zero-order valence-corrected chi connectivity index (χ0v) is 24.1. The molecule has 1 aliphatic heterocycles. The van der Waals surface area contributed by atoms with Crippen LogP contribution in [0, 0.1) is 0 Å². The molecule has 0 radical (unpaired) electrons.